The summed E-state index contributed by atoms with van der Waals surface area (Å²) in [6, 6.07) is 2.17. The SMILES string of the molecule is CCCCO[C@H]1CC2CC[C@@H](C1)[C@H]2NC(=O)c1ncn2c(C)cc(COC)nc12. The van der Waals surface area contributed by atoms with Crippen molar-refractivity contribution in [3.63, 3.8) is 0 Å². The van der Waals surface area contributed by atoms with Gasteiger partial charge in [-0.15, -0.1) is 0 Å². The highest BCUT2D eigenvalue weighted by atomic mass is 16.5. The summed E-state index contributed by atoms with van der Waals surface area (Å²) in [5.41, 5.74) is 2.78. The molecule has 7 nitrogen and oxygen atoms in total. The molecule has 2 aliphatic rings. The van der Waals surface area contributed by atoms with Gasteiger partial charge in [0, 0.05) is 25.5 Å². The highest BCUT2D eigenvalue weighted by Crippen LogP contribution is 2.43. The zero-order chi connectivity index (χ0) is 20.4. The van der Waals surface area contributed by atoms with Crippen molar-refractivity contribution in [1.82, 2.24) is 19.7 Å². The molecular weight excluding hydrogens is 368 g/mol. The van der Waals surface area contributed by atoms with Crippen LogP contribution in [0.4, 0.5) is 0 Å². The second-order valence-corrected chi connectivity index (χ2v) is 8.52. The van der Waals surface area contributed by atoms with Crippen LogP contribution in [-0.2, 0) is 16.1 Å². The minimum Gasteiger partial charge on any atom is -0.378 e. The highest BCUT2D eigenvalue weighted by molar-refractivity contribution is 5.98. The Morgan fingerprint density at radius 2 is 2.07 bits per heavy atom. The first-order valence-corrected chi connectivity index (χ1v) is 10.9. The summed E-state index contributed by atoms with van der Waals surface area (Å²) >= 11 is 0. The fourth-order valence-corrected chi connectivity index (χ4v) is 5.03. The van der Waals surface area contributed by atoms with E-state index in [1.54, 1.807) is 13.4 Å². The third kappa shape index (κ3) is 4.16. The van der Waals surface area contributed by atoms with Crippen LogP contribution in [0.5, 0.6) is 0 Å². The molecule has 0 radical (unpaired) electrons. The Kier molecular flexibility index (Phi) is 6.15. The Morgan fingerprint density at radius 1 is 1.31 bits per heavy atom. The number of aromatic nitrogens is 3. The maximum atomic E-state index is 13.1. The number of nitrogens with one attached hydrogen (secondary N) is 1. The zero-order valence-corrected chi connectivity index (χ0v) is 17.7. The molecule has 2 bridgehead atoms. The molecule has 2 saturated carbocycles. The predicted octanol–water partition coefficient (Wildman–Crippen LogP) is 3.29. The van der Waals surface area contributed by atoms with Gasteiger partial charge in [-0.05, 0) is 56.9 Å². The molecule has 2 aromatic heterocycles. The van der Waals surface area contributed by atoms with Crippen molar-refractivity contribution in [2.45, 2.75) is 71.1 Å². The molecule has 0 aromatic carbocycles. The molecule has 158 valence electrons. The molecule has 7 heteroatoms. The normalized spacial score (nSPS) is 26.2. The van der Waals surface area contributed by atoms with E-state index in [4.69, 9.17) is 9.47 Å². The number of aryl methyl sites for hydroxylation is 1. The van der Waals surface area contributed by atoms with Gasteiger partial charge in [0.2, 0.25) is 0 Å². The minimum atomic E-state index is -0.124. The number of carbonyl (C=O) groups excluding carboxylic acids is 1. The van der Waals surface area contributed by atoms with Crippen molar-refractivity contribution in [3.8, 4) is 0 Å². The molecule has 2 aromatic rings. The van der Waals surface area contributed by atoms with Crippen LogP contribution in [0.2, 0.25) is 0 Å². The first-order valence-electron chi connectivity index (χ1n) is 10.9. The number of hydrogen-bond acceptors (Lipinski definition) is 5. The van der Waals surface area contributed by atoms with E-state index < -0.39 is 0 Å². The largest absolute Gasteiger partial charge is 0.378 e. The number of ether oxygens (including phenoxy) is 2. The standard InChI is InChI=1S/C22H32N4O3/c1-4-5-8-29-18-10-15-6-7-16(11-18)19(15)25-22(27)20-21-24-17(12-28-3)9-14(2)26(21)13-23-20/h9,13,15-16,18-19H,4-8,10-12H2,1-3H3,(H,25,27)/t15-,16?,18+,19+/m0/s1. The first-order chi connectivity index (χ1) is 14.1. The van der Waals surface area contributed by atoms with Crippen LogP contribution in [0, 0.1) is 18.8 Å². The van der Waals surface area contributed by atoms with Gasteiger partial charge in [0.25, 0.3) is 5.91 Å². The molecule has 29 heavy (non-hydrogen) atoms. The Labute approximate surface area is 172 Å². The molecule has 1 N–H and O–H groups in total. The van der Waals surface area contributed by atoms with Crippen LogP contribution >= 0.6 is 0 Å². The van der Waals surface area contributed by atoms with Gasteiger partial charge in [-0.3, -0.25) is 9.20 Å². The van der Waals surface area contributed by atoms with Gasteiger partial charge >= 0.3 is 0 Å². The van der Waals surface area contributed by atoms with E-state index in [0.717, 1.165) is 43.7 Å². The van der Waals surface area contributed by atoms with Gasteiger partial charge < -0.3 is 14.8 Å². The van der Waals surface area contributed by atoms with Crippen LogP contribution in [0.1, 0.15) is 67.3 Å². The van der Waals surface area contributed by atoms with Crippen molar-refractivity contribution in [3.05, 3.63) is 29.5 Å². The van der Waals surface area contributed by atoms with Gasteiger partial charge in [-0.1, -0.05) is 13.3 Å². The van der Waals surface area contributed by atoms with E-state index in [2.05, 4.69) is 22.2 Å². The van der Waals surface area contributed by atoms with Crippen molar-refractivity contribution < 1.29 is 14.3 Å². The Bertz CT molecular complexity index is 851. The smallest absolute Gasteiger partial charge is 0.274 e. The quantitative estimate of drug-likeness (QED) is 0.688. The Hall–Kier alpha value is -1.99. The summed E-state index contributed by atoms with van der Waals surface area (Å²) in [6.07, 6.45) is 8.74. The molecule has 4 rings (SSSR count). The number of rotatable bonds is 8. The lowest BCUT2D eigenvalue weighted by atomic mass is 9.82. The van der Waals surface area contributed by atoms with Gasteiger partial charge in [0.1, 0.15) is 6.33 Å². The second kappa shape index (κ2) is 8.79. The minimum absolute atomic E-state index is 0.124. The predicted molar refractivity (Wildman–Crippen MR) is 110 cm³/mol. The number of methoxy groups -OCH3 is 1. The summed E-state index contributed by atoms with van der Waals surface area (Å²) in [6.45, 7) is 5.44. The number of carbonyl (C=O) groups is 1. The highest BCUT2D eigenvalue weighted by Gasteiger charge is 2.44. The Morgan fingerprint density at radius 3 is 2.76 bits per heavy atom. The number of fused-ring (bicyclic) bond motifs is 3. The summed E-state index contributed by atoms with van der Waals surface area (Å²) in [7, 11) is 1.64. The van der Waals surface area contributed by atoms with Crippen LogP contribution in [0.3, 0.4) is 0 Å². The van der Waals surface area contributed by atoms with E-state index in [1.165, 1.54) is 12.8 Å². The fourth-order valence-electron chi connectivity index (χ4n) is 5.03. The average molecular weight is 401 g/mol. The molecule has 0 aliphatic heterocycles. The Balaban J connectivity index is 1.46. The van der Waals surface area contributed by atoms with Crippen LogP contribution in [-0.4, -0.2) is 46.1 Å². The van der Waals surface area contributed by atoms with Crippen LogP contribution in [0.15, 0.2) is 12.4 Å². The zero-order valence-electron chi connectivity index (χ0n) is 17.7. The van der Waals surface area contributed by atoms with E-state index in [0.29, 0.717) is 35.9 Å². The van der Waals surface area contributed by atoms with E-state index in [-0.39, 0.29) is 11.9 Å². The van der Waals surface area contributed by atoms with Gasteiger partial charge in [0.05, 0.1) is 18.4 Å². The number of unbranched alkanes of at least 4 members (excludes halogenated alkanes) is 1. The molecule has 0 spiro atoms. The van der Waals surface area contributed by atoms with Gasteiger partial charge in [-0.25, -0.2) is 9.97 Å². The molecule has 2 heterocycles. The summed E-state index contributed by atoms with van der Waals surface area (Å²) < 4.78 is 13.2. The molecule has 2 fully saturated rings. The maximum Gasteiger partial charge on any atom is 0.274 e. The molecule has 0 saturated heterocycles. The fraction of sp³-hybridized carbons (Fsp3) is 0.682. The van der Waals surface area contributed by atoms with Gasteiger partial charge in [0.15, 0.2) is 11.3 Å². The van der Waals surface area contributed by atoms with Crippen molar-refractivity contribution in [2.24, 2.45) is 11.8 Å². The first kappa shape index (κ1) is 20.3. The van der Waals surface area contributed by atoms with Crippen molar-refractivity contribution in [1.29, 1.82) is 0 Å². The monoisotopic (exact) mass is 400 g/mol. The van der Waals surface area contributed by atoms with E-state index >= 15 is 0 Å². The number of amides is 1. The second-order valence-electron chi connectivity index (χ2n) is 8.52. The maximum absolute atomic E-state index is 13.1. The lowest BCUT2D eigenvalue weighted by molar-refractivity contribution is -0.00121. The third-order valence-corrected chi connectivity index (χ3v) is 6.46. The molecule has 4 atom stereocenters. The molecule has 1 amide bonds. The van der Waals surface area contributed by atoms with E-state index in [9.17, 15) is 4.79 Å². The number of imidazole rings is 1. The number of nitrogens with zero attached hydrogens (tertiary/aromatic N) is 3. The molecule has 1 unspecified atom stereocenters. The van der Waals surface area contributed by atoms with Crippen molar-refractivity contribution in [2.75, 3.05) is 13.7 Å². The average Bonchev–Trinajstić information content (AvgIpc) is 3.21. The lowest BCUT2D eigenvalue weighted by Gasteiger charge is -2.35. The van der Waals surface area contributed by atoms with Gasteiger partial charge in [-0.2, -0.15) is 0 Å². The summed E-state index contributed by atoms with van der Waals surface area (Å²) in [5.74, 6) is 0.870. The lowest BCUT2D eigenvalue weighted by Crippen LogP contribution is -2.46. The van der Waals surface area contributed by atoms with Crippen LogP contribution < -0.4 is 5.32 Å². The number of hydrogen-bond donors (Lipinski definition) is 1. The van der Waals surface area contributed by atoms with E-state index in [1.807, 2.05) is 17.4 Å². The topological polar surface area (TPSA) is 77.8 Å². The van der Waals surface area contributed by atoms with Crippen LogP contribution in [0.25, 0.3) is 5.65 Å². The van der Waals surface area contributed by atoms with Crippen molar-refractivity contribution >= 4 is 11.6 Å². The summed E-state index contributed by atoms with van der Waals surface area (Å²) in [5, 5.41) is 3.29. The molecular formula is C22H32N4O3. The third-order valence-electron chi connectivity index (χ3n) is 6.46. The summed E-state index contributed by atoms with van der Waals surface area (Å²) in [4.78, 5) is 22.1. The molecule has 2 aliphatic carbocycles.